The molecule has 0 aromatic heterocycles. The van der Waals surface area contributed by atoms with Gasteiger partial charge in [-0.15, -0.1) is 0 Å². The molecule has 3 nitrogen and oxygen atoms in total. The molecular formula is C13H14F2O3. The highest BCUT2D eigenvalue weighted by molar-refractivity contribution is 5.78. The number of carboxylic acid groups (broad SMARTS) is 1. The first-order valence-electron chi connectivity index (χ1n) is 5.79. The van der Waals surface area contributed by atoms with Gasteiger partial charge in [0.2, 0.25) is 11.5 Å². The monoisotopic (exact) mass is 256 g/mol. The van der Waals surface area contributed by atoms with E-state index in [1.54, 1.807) is 30.3 Å². The molecule has 0 atom stereocenters. The third-order valence-corrected chi connectivity index (χ3v) is 3.24. The van der Waals surface area contributed by atoms with E-state index < -0.39 is 30.3 Å². The van der Waals surface area contributed by atoms with Crippen LogP contribution in [0.5, 0.6) is 5.75 Å². The van der Waals surface area contributed by atoms with Crippen LogP contribution in [0.25, 0.3) is 0 Å². The van der Waals surface area contributed by atoms with E-state index in [0.717, 1.165) is 0 Å². The van der Waals surface area contributed by atoms with Crippen molar-refractivity contribution in [2.24, 2.45) is 0 Å². The summed E-state index contributed by atoms with van der Waals surface area (Å²) in [5.41, 5.74) is -1.52. The van der Waals surface area contributed by atoms with Gasteiger partial charge in [-0.05, 0) is 12.1 Å². The van der Waals surface area contributed by atoms with E-state index in [0.29, 0.717) is 5.75 Å². The van der Waals surface area contributed by atoms with E-state index in [2.05, 4.69) is 0 Å². The lowest BCUT2D eigenvalue weighted by molar-refractivity contribution is -0.166. The van der Waals surface area contributed by atoms with Crippen molar-refractivity contribution in [3.8, 4) is 5.75 Å². The molecule has 0 unspecified atom stereocenters. The molecule has 0 bridgehead atoms. The van der Waals surface area contributed by atoms with Gasteiger partial charge in [-0.1, -0.05) is 18.2 Å². The van der Waals surface area contributed by atoms with E-state index >= 15 is 0 Å². The second-order valence-electron chi connectivity index (χ2n) is 4.57. The summed E-state index contributed by atoms with van der Waals surface area (Å²) in [5.74, 6) is -3.56. The van der Waals surface area contributed by atoms with Crippen LogP contribution in [0.2, 0.25) is 0 Å². The van der Waals surface area contributed by atoms with E-state index in [-0.39, 0.29) is 12.8 Å². The molecule has 5 heteroatoms. The van der Waals surface area contributed by atoms with Crippen molar-refractivity contribution in [3.05, 3.63) is 30.3 Å². The maximum Gasteiger partial charge on any atom is 0.348 e. The van der Waals surface area contributed by atoms with Gasteiger partial charge in [0.25, 0.3) is 0 Å². The van der Waals surface area contributed by atoms with Gasteiger partial charge in [-0.25, -0.2) is 13.6 Å². The number of carboxylic acids is 1. The van der Waals surface area contributed by atoms with Gasteiger partial charge in [0.15, 0.2) is 0 Å². The summed E-state index contributed by atoms with van der Waals surface area (Å²) in [5, 5.41) is 9.25. The molecule has 0 spiro atoms. The Kier molecular flexibility index (Phi) is 3.24. The Morgan fingerprint density at radius 3 is 2.17 bits per heavy atom. The van der Waals surface area contributed by atoms with Crippen LogP contribution in [0, 0.1) is 0 Å². The standard InChI is InChI=1S/C13H14F2O3/c14-13(15)8-6-12(7-9-13,11(16)17)18-10-4-2-1-3-5-10/h1-5H,6-9H2,(H,16,17). The number of ether oxygens (including phenoxy) is 1. The summed E-state index contributed by atoms with van der Waals surface area (Å²) >= 11 is 0. The third-order valence-electron chi connectivity index (χ3n) is 3.24. The van der Waals surface area contributed by atoms with Gasteiger partial charge in [-0.3, -0.25) is 0 Å². The number of halogens is 2. The topological polar surface area (TPSA) is 46.5 Å². The molecule has 1 aromatic carbocycles. The lowest BCUT2D eigenvalue weighted by atomic mass is 9.82. The highest BCUT2D eigenvalue weighted by Crippen LogP contribution is 2.41. The molecule has 0 radical (unpaired) electrons. The minimum absolute atomic E-state index is 0.176. The molecular weight excluding hydrogens is 242 g/mol. The average molecular weight is 256 g/mol. The predicted molar refractivity (Wildman–Crippen MR) is 60.9 cm³/mol. The van der Waals surface area contributed by atoms with Crippen LogP contribution in [0.3, 0.4) is 0 Å². The van der Waals surface area contributed by atoms with Gasteiger partial charge in [0.1, 0.15) is 5.75 Å². The largest absolute Gasteiger partial charge is 0.478 e. The molecule has 1 aliphatic carbocycles. The summed E-state index contributed by atoms with van der Waals surface area (Å²) in [7, 11) is 0. The smallest absolute Gasteiger partial charge is 0.348 e. The van der Waals surface area contributed by atoms with E-state index in [9.17, 15) is 18.7 Å². The zero-order valence-electron chi connectivity index (χ0n) is 9.73. The fourth-order valence-corrected chi connectivity index (χ4v) is 2.09. The molecule has 1 fully saturated rings. The molecule has 1 N–H and O–H groups in total. The fourth-order valence-electron chi connectivity index (χ4n) is 2.09. The van der Waals surface area contributed by atoms with Crippen molar-refractivity contribution >= 4 is 5.97 Å². The minimum Gasteiger partial charge on any atom is -0.478 e. The quantitative estimate of drug-likeness (QED) is 0.903. The van der Waals surface area contributed by atoms with E-state index in [4.69, 9.17) is 4.74 Å². The third kappa shape index (κ3) is 2.60. The van der Waals surface area contributed by atoms with Crippen LogP contribution in [0.1, 0.15) is 25.7 Å². The van der Waals surface area contributed by atoms with Crippen molar-refractivity contribution in [2.45, 2.75) is 37.2 Å². The number of aliphatic carboxylic acids is 1. The normalized spacial score (nSPS) is 21.2. The van der Waals surface area contributed by atoms with Crippen molar-refractivity contribution in [2.75, 3.05) is 0 Å². The molecule has 0 amide bonds. The Morgan fingerprint density at radius 2 is 1.67 bits per heavy atom. The molecule has 0 heterocycles. The van der Waals surface area contributed by atoms with Crippen LogP contribution >= 0.6 is 0 Å². The molecule has 0 aliphatic heterocycles. The number of rotatable bonds is 3. The number of benzene rings is 1. The number of alkyl halides is 2. The first kappa shape index (κ1) is 12.8. The second kappa shape index (κ2) is 4.55. The highest BCUT2D eigenvalue weighted by atomic mass is 19.3. The predicted octanol–water partition coefficient (Wildman–Crippen LogP) is 3.10. The Bertz CT molecular complexity index is 421. The van der Waals surface area contributed by atoms with Gasteiger partial charge in [0.05, 0.1) is 0 Å². The number of hydrogen-bond donors (Lipinski definition) is 1. The van der Waals surface area contributed by atoms with Crippen molar-refractivity contribution in [3.63, 3.8) is 0 Å². The van der Waals surface area contributed by atoms with Crippen molar-refractivity contribution in [1.29, 1.82) is 0 Å². The van der Waals surface area contributed by atoms with Gasteiger partial charge < -0.3 is 9.84 Å². The molecule has 0 saturated heterocycles. The summed E-state index contributed by atoms with van der Waals surface area (Å²) < 4.78 is 31.7. The number of para-hydroxylation sites is 1. The Morgan fingerprint density at radius 1 is 1.11 bits per heavy atom. The van der Waals surface area contributed by atoms with Crippen LogP contribution in [0.15, 0.2) is 30.3 Å². The summed E-state index contributed by atoms with van der Waals surface area (Å²) in [6.45, 7) is 0. The molecule has 1 saturated carbocycles. The summed E-state index contributed by atoms with van der Waals surface area (Å²) in [6, 6.07) is 8.44. The number of carbonyl (C=O) groups is 1. The van der Waals surface area contributed by atoms with E-state index in [1.165, 1.54) is 0 Å². The maximum atomic E-state index is 13.1. The summed E-state index contributed by atoms with van der Waals surface area (Å²) in [6.07, 6.45) is -1.26. The highest BCUT2D eigenvalue weighted by Gasteiger charge is 2.50. The zero-order valence-corrected chi connectivity index (χ0v) is 9.73. The minimum atomic E-state index is -2.78. The van der Waals surface area contributed by atoms with Crippen LogP contribution in [0.4, 0.5) is 8.78 Å². The van der Waals surface area contributed by atoms with Crippen LogP contribution < -0.4 is 4.74 Å². The lowest BCUT2D eigenvalue weighted by Gasteiger charge is -2.36. The average Bonchev–Trinajstić information content (AvgIpc) is 2.33. The number of hydrogen-bond acceptors (Lipinski definition) is 2. The van der Waals surface area contributed by atoms with Crippen molar-refractivity contribution < 1.29 is 23.4 Å². The van der Waals surface area contributed by atoms with Gasteiger partial charge in [0, 0.05) is 25.7 Å². The molecule has 1 aliphatic rings. The summed E-state index contributed by atoms with van der Waals surface area (Å²) in [4.78, 5) is 11.3. The first-order chi connectivity index (χ1) is 8.44. The first-order valence-corrected chi connectivity index (χ1v) is 5.79. The Labute approximate surface area is 103 Å². The maximum absolute atomic E-state index is 13.1. The Hall–Kier alpha value is -1.65. The fraction of sp³-hybridized carbons (Fsp3) is 0.462. The SMILES string of the molecule is O=C(O)C1(Oc2ccccc2)CCC(F)(F)CC1. The Balaban J connectivity index is 2.17. The molecule has 1 aromatic rings. The van der Waals surface area contributed by atoms with Crippen LogP contribution in [-0.4, -0.2) is 22.6 Å². The van der Waals surface area contributed by atoms with Gasteiger partial charge in [-0.2, -0.15) is 0 Å². The van der Waals surface area contributed by atoms with E-state index in [1.807, 2.05) is 0 Å². The van der Waals surface area contributed by atoms with Crippen LogP contribution in [-0.2, 0) is 4.79 Å². The molecule has 2 rings (SSSR count). The van der Waals surface area contributed by atoms with Crippen molar-refractivity contribution in [1.82, 2.24) is 0 Å². The molecule has 98 valence electrons. The molecule has 18 heavy (non-hydrogen) atoms. The lowest BCUT2D eigenvalue weighted by Crippen LogP contribution is -2.49. The zero-order chi connectivity index (χ0) is 13.2. The second-order valence-corrected chi connectivity index (χ2v) is 4.57. The van der Waals surface area contributed by atoms with Gasteiger partial charge >= 0.3 is 5.97 Å².